The molecule has 5 heteroatoms. The van der Waals surface area contributed by atoms with Gasteiger partial charge in [0.2, 0.25) is 5.75 Å². The van der Waals surface area contributed by atoms with E-state index in [1.54, 1.807) is 13.4 Å². The van der Waals surface area contributed by atoms with E-state index in [0.717, 1.165) is 43.4 Å². The van der Waals surface area contributed by atoms with Crippen LogP contribution in [0.2, 0.25) is 0 Å². The van der Waals surface area contributed by atoms with Gasteiger partial charge in [0.15, 0.2) is 11.6 Å². The van der Waals surface area contributed by atoms with Crippen LogP contribution in [-0.2, 0) is 0 Å². The fourth-order valence-electron chi connectivity index (χ4n) is 2.43. The lowest BCUT2D eigenvalue weighted by Crippen LogP contribution is -2.26. The first-order valence-electron chi connectivity index (χ1n) is 7.24. The summed E-state index contributed by atoms with van der Waals surface area (Å²) in [7, 11) is 1.69. The zero-order chi connectivity index (χ0) is 13.5. The van der Waals surface area contributed by atoms with Crippen LogP contribution in [0.1, 0.15) is 39.0 Å². The van der Waals surface area contributed by atoms with Crippen LogP contribution in [0.15, 0.2) is 6.33 Å². The first-order valence-corrected chi connectivity index (χ1v) is 7.24. The van der Waals surface area contributed by atoms with Gasteiger partial charge in [-0.2, -0.15) is 0 Å². The number of aromatic nitrogens is 2. The molecule has 5 nitrogen and oxygen atoms in total. The molecule has 1 saturated heterocycles. The Morgan fingerprint density at radius 1 is 1.21 bits per heavy atom. The third kappa shape index (κ3) is 3.49. The topological polar surface area (TPSA) is 50.3 Å². The molecule has 0 spiro atoms. The van der Waals surface area contributed by atoms with Crippen molar-refractivity contribution in [3.8, 4) is 5.75 Å². The highest BCUT2D eigenvalue weighted by Gasteiger charge is 2.19. The van der Waals surface area contributed by atoms with Gasteiger partial charge in [0.05, 0.1) is 7.11 Å². The fraction of sp³-hybridized carbons (Fsp3) is 0.714. The van der Waals surface area contributed by atoms with Crippen LogP contribution in [0, 0.1) is 0 Å². The number of rotatable bonds is 5. The van der Waals surface area contributed by atoms with E-state index in [-0.39, 0.29) is 0 Å². The van der Waals surface area contributed by atoms with Crippen LogP contribution in [-0.4, -0.2) is 36.7 Å². The molecule has 0 bridgehead atoms. The molecule has 2 heterocycles. The summed E-state index contributed by atoms with van der Waals surface area (Å²) in [5.74, 6) is 2.51. The number of nitrogens with one attached hydrogen (secondary N) is 1. The van der Waals surface area contributed by atoms with Gasteiger partial charge in [-0.3, -0.25) is 0 Å². The molecule has 1 aliphatic heterocycles. The van der Waals surface area contributed by atoms with Crippen molar-refractivity contribution in [1.29, 1.82) is 0 Å². The Labute approximate surface area is 115 Å². The Bertz CT molecular complexity index is 389. The second-order valence-electron chi connectivity index (χ2n) is 4.91. The number of methoxy groups -OCH3 is 1. The molecule has 0 saturated carbocycles. The first-order chi connectivity index (χ1) is 9.36. The average Bonchev–Trinajstić information content (AvgIpc) is 2.73. The minimum Gasteiger partial charge on any atom is -0.490 e. The van der Waals surface area contributed by atoms with Gasteiger partial charge in [0.1, 0.15) is 6.33 Å². The molecule has 0 amide bonds. The second kappa shape index (κ2) is 7.16. The number of anilines is 2. The molecular formula is C14H24N4O. The van der Waals surface area contributed by atoms with E-state index in [0.29, 0.717) is 0 Å². The van der Waals surface area contributed by atoms with Crippen LogP contribution in [0.25, 0.3) is 0 Å². The molecular weight excluding hydrogens is 240 g/mol. The molecule has 0 atom stereocenters. The largest absolute Gasteiger partial charge is 0.490 e. The summed E-state index contributed by atoms with van der Waals surface area (Å²) >= 11 is 0. The van der Waals surface area contributed by atoms with Gasteiger partial charge in [-0.1, -0.05) is 19.8 Å². The van der Waals surface area contributed by atoms with E-state index in [1.165, 1.54) is 25.7 Å². The van der Waals surface area contributed by atoms with Gasteiger partial charge >= 0.3 is 0 Å². The lowest BCUT2D eigenvalue weighted by Gasteiger charge is -2.24. The predicted molar refractivity (Wildman–Crippen MR) is 78.0 cm³/mol. The molecule has 0 radical (unpaired) electrons. The molecule has 1 aliphatic rings. The minimum absolute atomic E-state index is 0.776. The summed E-state index contributed by atoms with van der Waals surface area (Å²) in [6, 6.07) is 0. The van der Waals surface area contributed by atoms with Crippen molar-refractivity contribution in [1.82, 2.24) is 9.97 Å². The molecule has 19 heavy (non-hydrogen) atoms. The average molecular weight is 264 g/mol. The van der Waals surface area contributed by atoms with E-state index in [9.17, 15) is 0 Å². The highest BCUT2D eigenvalue weighted by molar-refractivity contribution is 5.64. The molecule has 106 valence electrons. The normalized spacial score (nSPS) is 16.0. The molecule has 0 aromatic carbocycles. The zero-order valence-corrected chi connectivity index (χ0v) is 12.0. The molecule has 1 aromatic rings. The van der Waals surface area contributed by atoms with Gasteiger partial charge in [0, 0.05) is 19.6 Å². The number of hydrogen-bond donors (Lipinski definition) is 1. The third-order valence-corrected chi connectivity index (χ3v) is 3.44. The Morgan fingerprint density at radius 3 is 2.58 bits per heavy atom. The second-order valence-corrected chi connectivity index (χ2v) is 4.91. The Kier molecular flexibility index (Phi) is 5.24. The summed E-state index contributed by atoms with van der Waals surface area (Å²) in [4.78, 5) is 11.0. The Hall–Kier alpha value is -1.52. The maximum absolute atomic E-state index is 5.54. The van der Waals surface area contributed by atoms with E-state index >= 15 is 0 Å². The van der Waals surface area contributed by atoms with Gasteiger partial charge in [0.25, 0.3) is 0 Å². The molecule has 0 unspecified atom stereocenters. The van der Waals surface area contributed by atoms with E-state index in [2.05, 4.69) is 27.1 Å². The summed E-state index contributed by atoms with van der Waals surface area (Å²) in [6.45, 7) is 5.14. The van der Waals surface area contributed by atoms with Crippen molar-refractivity contribution < 1.29 is 4.74 Å². The van der Waals surface area contributed by atoms with Gasteiger partial charge in [-0.15, -0.1) is 0 Å². The molecule has 1 aromatic heterocycles. The standard InChI is InChI=1S/C14H24N4O/c1-3-8-15-13-12(19-2)14(17-11-16-13)18-9-6-4-5-7-10-18/h11H,3-10H2,1-2H3,(H,15,16,17). The van der Waals surface area contributed by atoms with E-state index in [1.807, 2.05) is 0 Å². The lowest BCUT2D eigenvalue weighted by atomic mass is 10.2. The van der Waals surface area contributed by atoms with E-state index < -0.39 is 0 Å². The Morgan fingerprint density at radius 2 is 1.95 bits per heavy atom. The lowest BCUT2D eigenvalue weighted by molar-refractivity contribution is 0.412. The van der Waals surface area contributed by atoms with Crippen LogP contribution in [0.4, 0.5) is 11.6 Å². The number of nitrogens with zero attached hydrogens (tertiary/aromatic N) is 3. The van der Waals surface area contributed by atoms with Crippen LogP contribution in [0.3, 0.4) is 0 Å². The van der Waals surface area contributed by atoms with Gasteiger partial charge in [-0.25, -0.2) is 9.97 Å². The van der Waals surface area contributed by atoms with Crippen molar-refractivity contribution >= 4 is 11.6 Å². The van der Waals surface area contributed by atoms with Crippen molar-refractivity contribution in [3.63, 3.8) is 0 Å². The zero-order valence-electron chi connectivity index (χ0n) is 12.0. The molecule has 2 rings (SSSR count). The summed E-state index contributed by atoms with van der Waals surface area (Å²) in [5.41, 5.74) is 0. The molecule has 1 N–H and O–H groups in total. The summed E-state index contributed by atoms with van der Waals surface area (Å²) < 4.78 is 5.54. The highest BCUT2D eigenvalue weighted by Crippen LogP contribution is 2.32. The van der Waals surface area contributed by atoms with Crippen LogP contribution < -0.4 is 15.0 Å². The van der Waals surface area contributed by atoms with Crippen LogP contribution in [0.5, 0.6) is 5.75 Å². The smallest absolute Gasteiger partial charge is 0.204 e. The first kappa shape index (κ1) is 13.9. The number of ether oxygens (including phenoxy) is 1. The minimum atomic E-state index is 0.776. The Balaban J connectivity index is 2.22. The summed E-state index contributed by atoms with van der Waals surface area (Å²) in [5, 5.41) is 3.31. The maximum Gasteiger partial charge on any atom is 0.204 e. The molecule has 0 aliphatic carbocycles. The predicted octanol–water partition coefficient (Wildman–Crippen LogP) is 2.69. The quantitative estimate of drug-likeness (QED) is 0.886. The third-order valence-electron chi connectivity index (χ3n) is 3.44. The van der Waals surface area contributed by atoms with Gasteiger partial charge in [-0.05, 0) is 19.3 Å². The fourth-order valence-corrected chi connectivity index (χ4v) is 2.43. The van der Waals surface area contributed by atoms with Crippen molar-refractivity contribution in [3.05, 3.63) is 6.33 Å². The molecule has 1 fully saturated rings. The van der Waals surface area contributed by atoms with Crippen molar-refractivity contribution in [2.24, 2.45) is 0 Å². The van der Waals surface area contributed by atoms with Crippen molar-refractivity contribution in [2.75, 3.05) is 37.0 Å². The SMILES string of the molecule is CCCNc1ncnc(N2CCCCCC2)c1OC. The monoisotopic (exact) mass is 264 g/mol. The summed E-state index contributed by atoms with van der Waals surface area (Å²) in [6.07, 6.45) is 7.76. The van der Waals surface area contributed by atoms with Crippen LogP contribution >= 0.6 is 0 Å². The number of hydrogen-bond acceptors (Lipinski definition) is 5. The maximum atomic E-state index is 5.54. The van der Waals surface area contributed by atoms with Gasteiger partial charge < -0.3 is 15.0 Å². The van der Waals surface area contributed by atoms with E-state index in [4.69, 9.17) is 4.74 Å². The van der Waals surface area contributed by atoms with Crippen molar-refractivity contribution in [2.45, 2.75) is 39.0 Å². The highest BCUT2D eigenvalue weighted by atomic mass is 16.5.